The summed E-state index contributed by atoms with van der Waals surface area (Å²) in [5, 5.41) is 0. The molecule has 1 fully saturated rings. The van der Waals surface area contributed by atoms with E-state index in [9.17, 15) is 22.8 Å². The van der Waals surface area contributed by atoms with Gasteiger partial charge in [0.1, 0.15) is 5.70 Å². The number of rotatable bonds is 5. The molecular formula is C17H18N2O7S. The molecule has 1 saturated heterocycles. The van der Waals surface area contributed by atoms with Crippen molar-refractivity contribution in [3.8, 4) is 0 Å². The molecule has 1 aromatic rings. The smallest absolute Gasteiger partial charge is 0.346 e. The minimum atomic E-state index is -4.46. The molecule has 27 heavy (non-hydrogen) atoms. The van der Waals surface area contributed by atoms with E-state index in [4.69, 9.17) is 9.47 Å². The lowest BCUT2D eigenvalue weighted by Crippen LogP contribution is -2.42. The van der Waals surface area contributed by atoms with Crippen molar-refractivity contribution >= 4 is 27.8 Å². The van der Waals surface area contributed by atoms with Gasteiger partial charge in [0.2, 0.25) is 0 Å². The van der Waals surface area contributed by atoms with Crippen molar-refractivity contribution in [3.05, 3.63) is 41.6 Å². The van der Waals surface area contributed by atoms with E-state index >= 15 is 0 Å². The number of ether oxygens (including phenoxy) is 2. The predicted octanol–water partition coefficient (Wildman–Crippen LogP) is -0.106. The number of morpholine rings is 1. The van der Waals surface area contributed by atoms with Crippen LogP contribution in [0.4, 0.5) is 0 Å². The van der Waals surface area contributed by atoms with Gasteiger partial charge in [-0.3, -0.25) is 9.59 Å². The fourth-order valence-corrected chi connectivity index (χ4v) is 4.21. The SMILES string of the molecule is CCOC(=O)C1=C(N2CCOCC2)C(=O)N(S(=O)(=O)c2ccccc2)C1=O. The third-order valence-corrected chi connectivity index (χ3v) is 5.79. The Hall–Kier alpha value is -2.72. The van der Waals surface area contributed by atoms with E-state index in [-0.39, 0.29) is 47.8 Å². The summed E-state index contributed by atoms with van der Waals surface area (Å²) in [6.45, 7) is 2.59. The zero-order valence-corrected chi connectivity index (χ0v) is 15.4. The van der Waals surface area contributed by atoms with Crippen molar-refractivity contribution in [2.45, 2.75) is 11.8 Å². The molecule has 2 heterocycles. The Morgan fingerprint density at radius 3 is 2.33 bits per heavy atom. The van der Waals surface area contributed by atoms with Gasteiger partial charge in [-0.05, 0) is 19.1 Å². The highest BCUT2D eigenvalue weighted by molar-refractivity contribution is 7.90. The third kappa shape index (κ3) is 3.33. The highest BCUT2D eigenvalue weighted by Gasteiger charge is 2.50. The van der Waals surface area contributed by atoms with Crippen LogP contribution in [0.2, 0.25) is 0 Å². The number of esters is 1. The van der Waals surface area contributed by atoms with Crippen molar-refractivity contribution in [3.63, 3.8) is 0 Å². The Balaban J connectivity index is 2.07. The van der Waals surface area contributed by atoms with E-state index < -0.39 is 33.4 Å². The Morgan fingerprint density at radius 1 is 1.11 bits per heavy atom. The minimum Gasteiger partial charge on any atom is -0.462 e. The van der Waals surface area contributed by atoms with Gasteiger partial charge in [-0.15, -0.1) is 0 Å². The minimum absolute atomic E-state index is 0.0222. The van der Waals surface area contributed by atoms with Gasteiger partial charge in [0, 0.05) is 13.1 Å². The highest BCUT2D eigenvalue weighted by atomic mass is 32.2. The molecule has 0 spiro atoms. The van der Waals surface area contributed by atoms with Crippen LogP contribution in [0.15, 0.2) is 46.5 Å². The van der Waals surface area contributed by atoms with Crippen molar-refractivity contribution in [2.24, 2.45) is 0 Å². The van der Waals surface area contributed by atoms with Crippen molar-refractivity contribution < 1.29 is 32.3 Å². The Morgan fingerprint density at radius 2 is 1.74 bits per heavy atom. The average molecular weight is 394 g/mol. The lowest BCUT2D eigenvalue weighted by molar-refractivity contribution is -0.140. The van der Waals surface area contributed by atoms with Crippen LogP contribution < -0.4 is 0 Å². The maximum atomic E-state index is 12.9. The van der Waals surface area contributed by atoms with Crippen LogP contribution >= 0.6 is 0 Å². The van der Waals surface area contributed by atoms with Crippen LogP contribution in [0, 0.1) is 0 Å². The zero-order chi connectivity index (χ0) is 19.6. The zero-order valence-electron chi connectivity index (χ0n) is 14.6. The first kappa shape index (κ1) is 19.1. The number of carbonyl (C=O) groups is 3. The predicted molar refractivity (Wildman–Crippen MR) is 91.5 cm³/mol. The van der Waals surface area contributed by atoms with Crippen molar-refractivity contribution in [1.29, 1.82) is 0 Å². The quantitative estimate of drug-likeness (QED) is 0.387. The average Bonchev–Trinajstić information content (AvgIpc) is 2.94. The summed E-state index contributed by atoms with van der Waals surface area (Å²) < 4.78 is 36.0. The van der Waals surface area contributed by atoms with Crippen molar-refractivity contribution in [1.82, 2.24) is 9.21 Å². The summed E-state index contributed by atoms with van der Waals surface area (Å²) >= 11 is 0. The number of sulfonamides is 1. The summed E-state index contributed by atoms with van der Waals surface area (Å²) in [4.78, 5) is 39.3. The van der Waals surface area contributed by atoms with Crippen LogP contribution in [0.25, 0.3) is 0 Å². The van der Waals surface area contributed by atoms with E-state index in [0.29, 0.717) is 0 Å². The second kappa shape index (κ2) is 7.49. The summed E-state index contributed by atoms with van der Waals surface area (Å²) in [5.74, 6) is -3.29. The number of hydrogen-bond acceptors (Lipinski definition) is 8. The van der Waals surface area contributed by atoms with Gasteiger partial charge in [-0.25, -0.2) is 13.2 Å². The van der Waals surface area contributed by atoms with Crippen LogP contribution in [-0.2, 0) is 33.9 Å². The molecule has 144 valence electrons. The van der Waals surface area contributed by atoms with Crippen molar-refractivity contribution in [2.75, 3.05) is 32.9 Å². The van der Waals surface area contributed by atoms with E-state index in [1.54, 1.807) is 13.0 Å². The molecule has 0 unspecified atom stereocenters. The normalized spacial score (nSPS) is 18.3. The second-order valence-corrected chi connectivity index (χ2v) is 7.52. The molecule has 0 N–H and O–H groups in total. The largest absolute Gasteiger partial charge is 0.462 e. The van der Waals surface area contributed by atoms with Crippen LogP contribution in [-0.4, -0.2) is 68.3 Å². The van der Waals surface area contributed by atoms with Gasteiger partial charge in [0.05, 0.1) is 24.7 Å². The van der Waals surface area contributed by atoms with Crippen LogP contribution in [0.1, 0.15) is 6.92 Å². The van der Waals surface area contributed by atoms with Gasteiger partial charge in [-0.1, -0.05) is 18.2 Å². The Labute approximate surface area is 156 Å². The molecule has 0 atom stereocenters. The van der Waals surface area contributed by atoms with Gasteiger partial charge >= 0.3 is 5.97 Å². The summed E-state index contributed by atoms with van der Waals surface area (Å²) in [5.41, 5.74) is -0.829. The van der Waals surface area contributed by atoms with E-state index in [1.807, 2.05) is 0 Å². The number of carbonyl (C=O) groups excluding carboxylic acids is 3. The molecule has 10 heteroatoms. The first-order chi connectivity index (χ1) is 12.9. The Kier molecular flexibility index (Phi) is 5.29. The van der Waals surface area contributed by atoms with E-state index in [1.165, 1.54) is 29.2 Å². The number of imide groups is 1. The van der Waals surface area contributed by atoms with E-state index in [0.717, 1.165) is 0 Å². The summed E-state index contributed by atoms with van der Waals surface area (Å²) in [7, 11) is -4.46. The van der Waals surface area contributed by atoms with E-state index in [2.05, 4.69) is 0 Å². The van der Waals surface area contributed by atoms with Gasteiger partial charge in [-0.2, -0.15) is 4.31 Å². The number of hydrogen-bond donors (Lipinski definition) is 0. The standard InChI is InChI=1S/C17H18N2O7S/c1-2-26-17(22)13-14(18-8-10-25-11-9-18)16(21)19(15(13)20)27(23,24)12-6-4-3-5-7-12/h3-7H,2,8-11H2,1H3. The highest BCUT2D eigenvalue weighted by Crippen LogP contribution is 2.30. The monoisotopic (exact) mass is 394 g/mol. The molecule has 0 aromatic heterocycles. The first-order valence-electron chi connectivity index (χ1n) is 8.32. The summed E-state index contributed by atoms with van der Waals surface area (Å²) in [6.07, 6.45) is 0. The topological polar surface area (TPSA) is 110 Å². The molecule has 0 aliphatic carbocycles. The molecular weight excluding hydrogens is 376 g/mol. The lowest BCUT2D eigenvalue weighted by atomic mass is 10.2. The van der Waals surface area contributed by atoms with Crippen LogP contribution in [0.3, 0.4) is 0 Å². The Bertz CT molecular complexity index is 902. The maximum absolute atomic E-state index is 12.9. The van der Waals surface area contributed by atoms with Gasteiger partial charge in [0.15, 0.2) is 5.57 Å². The second-order valence-electron chi connectivity index (χ2n) is 5.74. The fourth-order valence-electron chi connectivity index (χ4n) is 2.88. The van der Waals surface area contributed by atoms with Gasteiger partial charge < -0.3 is 14.4 Å². The molecule has 0 saturated carbocycles. The number of nitrogens with zero attached hydrogens (tertiary/aromatic N) is 2. The molecule has 9 nitrogen and oxygen atoms in total. The first-order valence-corrected chi connectivity index (χ1v) is 9.76. The summed E-state index contributed by atoms with van der Waals surface area (Å²) in [6, 6.07) is 7.09. The molecule has 2 aliphatic rings. The number of amides is 2. The molecule has 2 amide bonds. The molecule has 2 aliphatic heterocycles. The number of benzene rings is 1. The van der Waals surface area contributed by atoms with Gasteiger partial charge in [0.25, 0.3) is 21.8 Å². The molecule has 1 aromatic carbocycles. The lowest BCUT2D eigenvalue weighted by Gasteiger charge is -2.29. The third-order valence-electron chi connectivity index (χ3n) is 4.11. The van der Waals surface area contributed by atoms with Crippen LogP contribution in [0.5, 0.6) is 0 Å². The molecule has 0 bridgehead atoms. The fraction of sp³-hybridized carbons (Fsp3) is 0.353. The molecule has 0 radical (unpaired) electrons. The molecule has 3 rings (SSSR count). The maximum Gasteiger partial charge on any atom is 0.346 e.